The molecule has 1 heterocycles. The van der Waals surface area contributed by atoms with Gasteiger partial charge in [-0.1, -0.05) is 13.5 Å². The maximum atomic E-state index is 10.3. The minimum atomic E-state index is -0.178. The van der Waals surface area contributed by atoms with E-state index in [9.17, 15) is 4.79 Å². The van der Waals surface area contributed by atoms with E-state index in [0.717, 1.165) is 31.1 Å². The summed E-state index contributed by atoms with van der Waals surface area (Å²) in [6, 6.07) is 0. The second kappa shape index (κ2) is 3.67. The molecule has 0 aromatic rings. The molecular formula is C9H14O2. The molecule has 0 saturated carbocycles. The summed E-state index contributed by atoms with van der Waals surface area (Å²) in [6.45, 7) is 5.94. The summed E-state index contributed by atoms with van der Waals surface area (Å²) in [4.78, 5) is 10.3. The van der Waals surface area contributed by atoms with Gasteiger partial charge in [0.25, 0.3) is 0 Å². The molecule has 11 heavy (non-hydrogen) atoms. The summed E-state index contributed by atoms with van der Waals surface area (Å²) in [6.07, 6.45) is 3.58. The van der Waals surface area contributed by atoms with Crippen molar-refractivity contribution in [1.29, 1.82) is 0 Å². The van der Waals surface area contributed by atoms with Gasteiger partial charge in [-0.25, -0.2) is 0 Å². The van der Waals surface area contributed by atoms with Crippen molar-refractivity contribution in [3.05, 3.63) is 12.2 Å². The average Bonchev–Trinajstić information content (AvgIpc) is 2.50. The van der Waals surface area contributed by atoms with E-state index in [1.54, 1.807) is 0 Å². The van der Waals surface area contributed by atoms with Gasteiger partial charge in [-0.2, -0.15) is 0 Å². The van der Waals surface area contributed by atoms with E-state index in [1.807, 2.05) is 0 Å². The lowest BCUT2D eigenvalue weighted by Crippen LogP contribution is -2.13. The molecule has 0 bridgehead atoms. The molecule has 0 aliphatic carbocycles. The maximum absolute atomic E-state index is 10.3. The third kappa shape index (κ3) is 1.90. The Morgan fingerprint density at radius 3 is 2.91 bits per heavy atom. The Balaban J connectivity index is 2.41. The highest BCUT2D eigenvalue weighted by molar-refractivity contribution is 5.56. The van der Waals surface area contributed by atoms with Gasteiger partial charge in [0.05, 0.1) is 6.10 Å². The van der Waals surface area contributed by atoms with Gasteiger partial charge < -0.3 is 9.53 Å². The smallest absolute Gasteiger partial charge is 0.148 e. The van der Waals surface area contributed by atoms with Crippen molar-refractivity contribution in [1.82, 2.24) is 0 Å². The van der Waals surface area contributed by atoms with Crippen LogP contribution in [-0.2, 0) is 9.53 Å². The van der Waals surface area contributed by atoms with Crippen LogP contribution in [-0.4, -0.2) is 18.5 Å². The number of ether oxygens (including phenoxy) is 1. The molecule has 0 N–H and O–H groups in total. The van der Waals surface area contributed by atoms with Gasteiger partial charge in [-0.3, -0.25) is 0 Å². The number of carbonyl (C=O) groups excluding carboxylic acids is 1. The van der Waals surface area contributed by atoms with Crippen LogP contribution >= 0.6 is 0 Å². The molecule has 1 rings (SSSR count). The second-order valence-electron chi connectivity index (χ2n) is 2.89. The third-order valence-electron chi connectivity index (χ3n) is 2.11. The quantitative estimate of drug-likeness (QED) is 0.457. The Morgan fingerprint density at radius 1 is 1.73 bits per heavy atom. The predicted octanol–water partition coefficient (Wildman–Crippen LogP) is 1.70. The lowest BCUT2D eigenvalue weighted by molar-refractivity contribution is -0.116. The molecule has 2 nitrogen and oxygen atoms in total. The topological polar surface area (TPSA) is 26.3 Å². The zero-order valence-electron chi connectivity index (χ0n) is 6.88. The van der Waals surface area contributed by atoms with Crippen LogP contribution < -0.4 is 0 Å². The highest BCUT2D eigenvalue weighted by Crippen LogP contribution is 2.24. The van der Waals surface area contributed by atoms with Crippen LogP contribution in [0.5, 0.6) is 0 Å². The minimum absolute atomic E-state index is 0.134. The van der Waals surface area contributed by atoms with E-state index >= 15 is 0 Å². The second-order valence-corrected chi connectivity index (χ2v) is 2.89. The van der Waals surface area contributed by atoms with E-state index in [-0.39, 0.29) is 12.2 Å². The predicted molar refractivity (Wildman–Crippen MR) is 43.4 cm³/mol. The molecule has 2 atom stereocenters. The fraction of sp³-hybridized carbons (Fsp3) is 0.667. The van der Waals surface area contributed by atoms with Crippen LogP contribution in [0.3, 0.4) is 0 Å². The van der Waals surface area contributed by atoms with E-state index in [1.165, 1.54) is 0 Å². The number of hydrogen-bond acceptors (Lipinski definition) is 2. The summed E-state index contributed by atoms with van der Waals surface area (Å²) in [5.74, 6) is 0. The molecule has 2 unspecified atom stereocenters. The normalized spacial score (nSPS) is 30.3. The van der Waals surface area contributed by atoms with Crippen molar-refractivity contribution in [3.63, 3.8) is 0 Å². The summed E-state index contributed by atoms with van der Waals surface area (Å²) in [5, 5.41) is 0. The Labute approximate surface area is 67.2 Å². The SMILES string of the molecule is C=C(CC)C1CCC(C=O)O1. The van der Waals surface area contributed by atoms with Crippen molar-refractivity contribution < 1.29 is 9.53 Å². The van der Waals surface area contributed by atoms with Crippen LogP contribution in [0.1, 0.15) is 26.2 Å². The Bertz CT molecular complexity index is 163. The molecule has 1 saturated heterocycles. The van der Waals surface area contributed by atoms with Crippen molar-refractivity contribution in [2.24, 2.45) is 0 Å². The first-order chi connectivity index (χ1) is 5.27. The zero-order valence-corrected chi connectivity index (χ0v) is 6.88. The molecule has 1 fully saturated rings. The van der Waals surface area contributed by atoms with Crippen molar-refractivity contribution in [2.75, 3.05) is 0 Å². The molecule has 0 spiro atoms. The van der Waals surface area contributed by atoms with Crippen molar-refractivity contribution >= 4 is 6.29 Å². The number of rotatable bonds is 3. The van der Waals surface area contributed by atoms with Crippen LogP contribution in [0.2, 0.25) is 0 Å². The largest absolute Gasteiger partial charge is 0.363 e. The van der Waals surface area contributed by atoms with E-state index in [2.05, 4.69) is 13.5 Å². The van der Waals surface area contributed by atoms with Gasteiger partial charge in [-0.15, -0.1) is 0 Å². The lowest BCUT2D eigenvalue weighted by atomic mass is 10.1. The van der Waals surface area contributed by atoms with E-state index in [0.29, 0.717) is 0 Å². The highest BCUT2D eigenvalue weighted by atomic mass is 16.5. The van der Waals surface area contributed by atoms with Gasteiger partial charge in [0.15, 0.2) is 0 Å². The average molecular weight is 154 g/mol. The van der Waals surface area contributed by atoms with Gasteiger partial charge in [0.1, 0.15) is 12.4 Å². The Kier molecular flexibility index (Phi) is 2.83. The first-order valence-corrected chi connectivity index (χ1v) is 4.06. The number of carbonyl (C=O) groups is 1. The summed E-state index contributed by atoms with van der Waals surface area (Å²) in [7, 11) is 0. The van der Waals surface area contributed by atoms with E-state index in [4.69, 9.17) is 4.74 Å². The van der Waals surface area contributed by atoms with Crippen molar-refractivity contribution in [2.45, 2.75) is 38.4 Å². The van der Waals surface area contributed by atoms with Gasteiger partial charge in [-0.05, 0) is 24.8 Å². The molecule has 62 valence electrons. The Morgan fingerprint density at radius 2 is 2.45 bits per heavy atom. The summed E-state index contributed by atoms with van der Waals surface area (Å²) < 4.78 is 5.40. The lowest BCUT2D eigenvalue weighted by Gasteiger charge is -2.11. The maximum Gasteiger partial charge on any atom is 0.148 e. The van der Waals surface area contributed by atoms with Crippen molar-refractivity contribution in [3.8, 4) is 0 Å². The highest BCUT2D eigenvalue weighted by Gasteiger charge is 2.25. The molecule has 2 heteroatoms. The molecule has 0 aromatic carbocycles. The molecule has 0 aromatic heterocycles. The first-order valence-electron chi connectivity index (χ1n) is 4.06. The molecule has 0 amide bonds. The van der Waals surface area contributed by atoms with Crippen LogP contribution in [0.25, 0.3) is 0 Å². The fourth-order valence-electron chi connectivity index (χ4n) is 1.29. The van der Waals surface area contributed by atoms with Crippen LogP contribution in [0, 0.1) is 0 Å². The zero-order chi connectivity index (χ0) is 8.27. The van der Waals surface area contributed by atoms with E-state index < -0.39 is 0 Å². The summed E-state index contributed by atoms with van der Waals surface area (Å²) in [5.41, 5.74) is 1.11. The first kappa shape index (κ1) is 8.47. The van der Waals surface area contributed by atoms with Crippen LogP contribution in [0.15, 0.2) is 12.2 Å². The fourth-order valence-corrected chi connectivity index (χ4v) is 1.29. The Hall–Kier alpha value is -0.630. The monoisotopic (exact) mass is 154 g/mol. The molecule has 1 aliphatic heterocycles. The molecule has 0 radical (unpaired) electrons. The summed E-state index contributed by atoms with van der Waals surface area (Å²) >= 11 is 0. The number of aldehydes is 1. The van der Waals surface area contributed by atoms with Gasteiger partial charge >= 0.3 is 0 Å². The third-order valence-corrected chi connectivity index (χ3v) is 2.11. The minimum Gasteiger partial charge on any atom is -0.363 e. The standard InChI is InChI=1S/C9H14O2/c1-3-7(2)9-5-4-8(6-10)11-9/h6,8-9H,2-5H2,1H3. The molecule has 1 aliphatic rings. The number of hydrogen-bond donors (Lipinski definition) is 0. The van der Waals surface area contributed by atoms with Gasteiger partial charge in [0, 0.05) is 0 Å². The molecular weight excluding hydrogens is 140 g/mol. The van der Waals surface area contributed by atoms with Gasteiger partial charge in [0.2, 0.25) is 0 Å². The van der Waals surface area contributed by atoms with Crippen LogP contribution in [0.4, 0.5) is 0 Å².